The predicted molar refractivity (Wildman–Crippen MR) is 119 cm³/mol. The molecule has 1 nitrogen and oxygen atoms in total. The summed E-state index contributed by atoms with van der Waals surface area (Å²) >= 11 is 0. The third-order valence-electron chi connectivity index (χ3n) is 10.2. The van der Waals surface area contributed by atoms with Gasteiger partial charge in [0.15, 0.2) is 5.52 Å². The van der Waals surface area contributed by atoms with E-state index in [1.165, 1.54) is 77.0 Å². The molecule has 0 N–H and O–H groups in total. The minimum atomic E-state index is -0.585. The molecule has 0 atom stereocenters. The molecule has 0 saturated heterocycles. The average Bonchev–Trinajstić information content (AvgIpc) is 2.66. The van der Waals surface area contributed by atoms with E-state index in [1.54, 1.807) is 0 Å². The second-order valence-corrected chi connectivity index (χ2v) is 15.3. The molecule has 8 bridgehead atoms. The third kappa shape index (κ3) is 2.65. The largest absolute Gasteiger partial charge is 0.289 e. The van der Waals surface area contributed by atoms with Crippen LogP contribution in [-0.4, -0.2) is 15.8 Å². The average molecular weight is 407 g/mol. The van der Waals surface area contributed by atoms with E-state index in [9.17, 15) is 4.79 Å². The molecule has 29 heavy (non-hydrogen) atoms. The van der Waals surface area contributed by atoms with Crippen molar-refractivity contribution < 1.29 is 4.79 Å². The van der Waals surface area contributed by atoms with Gasteiger partial charge < -0.3 is 0 Å². The Morgan fingerprint density at radius 2 is 0.966 bits per heavy atom. The van der Waals surface area contributed by atoms with Gasteiger partial charge in [0.1, 0.15) is 0 Å². The molecule has 0 amide bonds. The molecule has 8 aliphatic rings. The van der Waals surface area contributed by atoms with Crippen LogP contribution in [0.3, 0.4) is 0 Å². The van der Waals surface area contributed by atoms with Gasteiger partial charge >= 0.3 is 0 Å². The van der Waals surface area contributed by atoms with Gasteiger partial charge in [-0.1, -0.05) is 30.3 Å². The fourth-order valence-corrected chi connectivity index (χ4v) is 15.2. The van der Waals surface area contributed by atoms with Crippen LogP contribution < -0.4 is 0 Å². The first-order valence-corrected chi connectivity index (χ1v) is 13.8. The van der Waals surface area contributed by atoms with Gasteiger partial charge in [-0.25, -0.2) is 0 Å². The zero-order valence-corrected chi connectivity index (χ0v) is 18.6. The maximum absolute atomic E-state index is 14.4. The second-order valence-electron chi connectivity index (χ2n) is 12.3. The highest BCUT2D eigenvalue weighted by atomic mass is 31.1. The van der Waals surface area contributed by atoms with Crippen LogP contribution >= 0.6 is 7.92 Å². The Bertz CT molecular complexity index is 712. The van der Waals surface area contributed by atoms with Crippen molar-refractivity contribution >= 4 is 13.4 Å². The lowest BCUT2D eigenvalue weighted by Crippen LogP contribution is -2.57. The standard InChI is InChI=1S/C27H35OP/c28-25(24-4-2-1-3-5-24)29(26-12-18-6-19(13-26)8-20(7-18)14-26)27-15-21-9-22(16-27)11-23(10-21)17-27/h1-5,18-23H,6-17H2. The van der Waals surface area contributed by atoms with Crippen molar-refractivity contribution in [1.29, 1.82) is 0 Å². The summed E-state index contributed by atoms with van der Waals surface area (Å²) in [7, 11) is -0.585. The van der Waals surface area contributed by atoms with Gasteiger partial charge in [0.05, 0.1) is 0 Å². The molecular formula is C27H35OP. The Kier molecular flexibility index (Phi) is 3.83. The highest BCUT2D eigenvalue weighted by molar-refractivity contribution is 7.78. The van der Waals surface area contributed by atoms with E-state index in [0.29, 0.717) is 15.8 Å². The molecule has 8 fully saturated rings. The van der Waals surface area contributed by atoms with Crippen LogP contribution in [0.15, 0.2) is 30.3 Å². The smallest absolute Gasteiger partial charge is 0.185 e. The lowest BCUT2D eigenvalue weighted by molar-refractivity contribution is 0.0186. The number of hydrogen-bond acceptors (Lipinski definition) is 1. The Morgan fingerprint density at radius 3 is 1.31 bits per heavy atom. The fraction of sp³-hybridized carbons (Fsp3) is 0.741. The van der Waals surface area contributed by atoms with Crippen molar-refractivity contribution in [2.24, 2.45) is 35.5 Å². The van der Waals surface area contributed by atoms with Crippen LogP contribution in [-0.2, 0) is 0 Å². The first-order valence-electron chi connectivity index (χ1n) is 12.5. The summed E-state index contributed by atoms with van der Waals surface area (Å²) < 4.78 is 0. The van der Waals surface area contributed by atoms with Crippen molar-refractivity contribution in [2.75, 3.05) is 0 Å². The van der Waals surface area contributed by atoms with E-state index < -0.39 is 7.92 Å². The van der Waals surface area contributed by atoms with Crippen molar-refractivity contribution in [3.8, 4) is 0 Å². The normalized spacial score (nSPS) is 50.1. The molecule has 0 radical (unpaired) electrons. The molecule has 0 unspecified atom stereocenters. The number of carbonyl (C=O) groups excluding carboxylic acids is 1. The van der Waals surface area contributed by atoms with Gasteiger partial charge in [-0.05, 0) is 131 Å². The van der Waals surface area contributed by atoms with Gasteiger partial charge in [-0.2, -0.15) is 0 Å². The zero-order valence-electron chi connectivity index (χ0n) is 17.7. The minimum absolute atomic E-state index is 0.405. The number of carbonyl (C=O) groups is 1. The Balaban J connectivity index is 1.35. The lowest BCUT2D eigenvalue weighted by Gasteiger charge is -2.66. The summed E-state index contributed by atoms with van der Waals surface area (Å²) in [5, 5.41) is 0.811. The van der Waals surface area contributed by atoms with Crippen LogP contribution in [0, 0.1) is 35.5 Å². The number of rotatable bonds is 4. The molecular weight excluding hydrogens is 371 g/mol. The maximum atomic E-state index is 14.4. The quantitative estimate of drug-likeness (QED) is 0.481. The summed E-state index contributed by atoms with van der Waals surface area (Å²) in [6.45, 7) is 0. The molecule has 1 aromatic rings. The monoisotopic (exact) mass is 406 g/mol. The van der Waals surface area contributed by atoms with Crippen molar-refractivity contribution in [3.05, 3.63) is 35.9 Å². The molecule has 2 heteroatoms. The molecule has 0 aromatic heterocycles. The SMILES string of the molecule is O=C(c1ccccc1)P(C12CC3CC(CC(C3)C1)C2)C12CC3CC(CC(C3)C1)C2. The van der Waals surface area contributed by atoms with Crippen LogP contribution in [0.1, 0.15) is 87.4 Å². The van der Waals surface area contributed by atoms with E-state index in [2.05, 4.69) is 30.3 Å². The summed E-state index contributed by atoms with van der Waals surface area (Å²) in [4.78, 5) is 14.4. The second kappa shape index (κ2) is 6.18. The molecule has 8 saturated carbocycles. The molecule has 9 rings (SSSR count). The van der Waals surface area contributed by atoms with Gasteiger partial charge in [0.2, 0.25) is 0 Å². The maximum Gasteiger partial charge on any atom is 0.185 e. The minimum Gasteiger partial charge on any atom is -0.289 e. The first-order chi connectivity index (χ1) is 14.1. The van der Waals surface area contributed by atoms with E-state index in [-0.39, 0.29) is 0 Å². The predicted octanol–water partition coefficient (Wildman–Crippen LogP) is 7.25. The molecule has 0 heterocycles. The van der Waals surface area contributed by atoms with Crippen LogP contribution in [0.5, 0.6) is 0 Å². The summed E-state index contributed by atoms with van der Waals surface area (Å²) in [5.41, 5.74) is 1.66. The fourth-order valence-electron chi connectivity index (χ4n) is 10.3. The Morgan fingerprint density at radius 1 is 0.621 bits per heavy atom. The van der Waals surface area contributed by atoms with Gasteiger partial charge in [0.25, 0.3) is 0 Å². The van der Waals surface area contributed by atoms with E-state index in [0.717, 1.165) is 41.1 Å². The summed E-state index contributed by atoms with van der Waals surface area (Å²) in [6, 6.07) is 10.5. The lowest BCUT2D eigenvalue weighted by atomic mass is 9.55. The molecule has 1 aromatic carbocycles. The topological polar surface area (TPSA) is 17.1 Å². The zero-order chi connectivity index (χ0) is 19.2. The van der Waals surface area contributed by atoms with Crippen molar-refractivity contribution in [1.82, 2.24) is 0 Å². The van der Waals surface area contributed by atoms with E-state index in [1.807, 2.05) is 0 Å². The molecule has 0 aliphatic heterocycles. The molecule has 154 valence electrons. The van der Waals surface area contributed by atoms with Gasteiger partial charge in [-0.3, -0.25) is 4.79 Å². The van der Waals surface area contributed by atoms with Gasteiger partial charge in [-0.15, -0.1) is 0 Å². The molecule has 0 spiro atoms. The third-order valence-corrected chi connectivity index (χ3v) is 13.8. The van der Waals surface area contributed by atoms with E-state index >= 15 is 0 Å². The van der Waals surface area contributed by atoms with Crippen molar-refractivity contribution in [2.45, 2.75) is 87.4 Å². The Hall–Kier alpha value is -0.680. The van der Waals surface area contributed by atoms with E-state index in [4.69, 9.17) is 0 Å². The molecule has 8 aliphatic carbocycles. The number of hydrogen-bond donors (Lipinski definition) is 0. The van der Waals surface area contributed by atoms with Crippen LogP contribution in [0.2, 0.25) is 0 Å². The highest BCUT2D eigenvalue weighted by Crippen LogP contribution is 2.79. The van der Waals surface area contributed by atoms with Crippen LogP contribution in [0.25, 0.3) is 0 Å². The Labute approximate surface area is 177 Å². The summed E-state index contributed by atoms with van der Waals surface area (Å²) in [5.74, 6) is 5.69. The number of benzene rings is 1. The van der Waals surface area contributed by atoms with Crippen molar-refractivity contribution in [3.63, 3.8) is 0 Å². The highest BCUT2D eigenvalue weighted by Gasteiger charge is 2.64. The van der Waals surface area contributed by atoms with Gasteiger partial charge in [0, 0.05) is 5.56 Å². The summed E-state index contributed by atoms with van der Waals surface area (Å²) in [6.07, 6.45) is 17.4. The first kappa shape index (κ1) is 17.9. The van der Waals surface area contributed by atoms with Crippen LogP contribution in [0.4, 0.5) is 0 Å².